The average molecular weight is 332 g/mol. The summed E-state index contributed by atoms with van der Waals surface area (Å²) in [5, 5.41) is 11.2. The van der Waals surface area contributed by atoms with Crippen LogP contribution in [0.3, 0.4) is 0 Å². The lowest BCUT2D eigenvalue weighted by atomic mass is 9.94. The Morgan fingerprint density at radius 1 is 0.917 bits per heavy atom. The molecule has 24 heavy (non-hydrogen) atoms. The van der Waals surface area contributed by atoms with Crippen molar-refractivity contribution in [3.63, 3.8) is 0 Å². The van der Waals surface area contributed by atoms with Gasteiger partial charge >= 0.3 is 6.18 Å². The predicted octanol–water partition coefficient (Wildman–Crippen LogP) is 5.03. The summed E-state index contributed by atoms with van der Waals surface area (Å²) in [4.78, 5) is 0. The number of halogens is 3. The number of aliphatic hydroxyl groups excluding tert-OH is 1. The zero-order valence-corrected chi connectivity index (χ0v) is 12.9. The molecule has 3 rings (SSSR count). The Labute approximate surface area is 137 Å². The molecule has 0 saturated carbocycles. The van der Waals surface area contributed by atoms with Crippen LogP contribution in [0.1, 0.15) is 11.1 Å². The number of alkyl halides is 3. The van der Waals surface area contributed by atoms with Gasteiger partial charge < -0.3 is 9.84 Å². The molecule has 0 heterocycles. The van der Waals surface area contributed by atoms with E-state index in [2.05, 4.69) is 0 Å². The molecule has 0 aliphatic carbocycles. The van der Waals surface area contributed by atoms with E-state index in [0.29, 0.717) is 5.56 Å². The summed E-state index contributed by atoms with van der Waals surface area (Å²) in [7, 11) is 1.35. The molecule has 124 valence electrons. The summed E-state index contributed by atoms with van der Waals surface area (Å²) in [6, 6.07) is 14.5. The minimum Gasteiger partial charge on any atom is -0.496 e. The van der Waals surface area contributed by atoms with E-state index in [0.717, 1.165) is 34.0 Å². The lowest BCUT2D eigenvalue weighted by Crippen LogP contribution is -2.05. The lowest BCUT2D eigenvalue weighted by molar-refractivity contribution is -0.137. The molecule has 3 aromatic rings. The highest BCUT2D eigenvalue weighted by atomic mass is 19.4. The van der Waals surface area contributed by atoms with Gasteiger partial charge in [-0.25, -0.2) is 0 Å². The van der Waals surface area contributed by atoms with E-state index in [-0.39, 0.29) is 12.4 Å². The third-order valence-electron chi connectivity index (χ3n) is 4.00. The van der Waals surface area contributed by atoms with Crippen LogP contribution in [0, 0.1) is 0 Å². The van der Waals surface area contributed by atoms with Crippen molar-refractivity contribution in [3.8, 4) is 16.9 Å². The first kappa shape index (κ1) is 16.3. The molecule has 5 heteroatoms. The van der Waals surface area contributed by atoms with E-state index in [1.54, 1.807) is 0 Å². The minimum absolute atomic E-state index is 0.106. The van der Waals surface area contributed by atoms with Gasteiger partial charge in [-0.3, -0.25) is 0 Å². The molecule has 0 saturated heterocycles. The number of methoxy groups -OCH3 is 1. The second kappa shape index (κ2) is 6.17. The zero-order valence-electron chi connectivity index (χ0n) is 12.9. The van der Waals surface area contributed by atoms with Crippen LogP contribution in [-0.2, 0) is 12.8 Å². The molecule has 1 N–H and O–H groups in total. The van der Waals surface area contributed by atoms with Crippen LogP contribution >= 0.6 is 0 Å². The van der Waals surface area contributed by atoms with Crippen LogP contribution in [-0.4, -0.2) is 12.2 Å². The molecule has 0 aliphatic heterocycles. The Balaban J connectivity index is 2.25. The highest BCUT2D eigenvalue weighted by molar-refractivity contribution is 5.99. The van der Waals surface area contributed by atoms with Gasteiger partial charge in [0, 0.05) is 5.56 Å². The van der Waals surface area contributed by atoms with Crippen molar-refractivity contribution in [1.29, 1.82) is 0 Å². The van der Waals surface area contributed by atoms with Gasteiger partial charge in [-0.05, 0) is 34.0 Å². The maximum absolute atomic E-state index is 12.9. The zero-order chi connectivity index (χ0) is 17.3. The van der Waals surface area contributed by atoms with Gasteiger partial charge in [0.1, 0.15) is 5.75 Å². The molecule has 0 fully saturated rings. The molecule has 0 amide bonds. The van der Waals surface area contributed by atoms with Crippen LogP contribution in [0.4, 0.5) is 13.2 Å². The number of benzene rings is 3. The molecule has 0 unspecified atom stereocenters. The van der Waals surface area contributed by atoms with E-state index in [4.69, 9.17) is 4.74 Å². The van der Waals surface area contributed by atoms with Gasteiger partial charge in [-0.2, -0.15) is 13.2 Å². The standard InChI is InChI=1S/C19H15F3O2/c1-24-18-10-13(19(20,21)22)8-9-17(18)16-7-3-5-14-12(11-23)4-2-6-15(14)16/h2-10,23H,11H2,1H3. The minimum atomic E-state index is -4.42. The quantitative estimate of drug-likeness (QED) is 0.729. The van der Waals surface area contributed by atoms with E-state index in [9.17, 15) is 18.3 Å². The van der Waals surface area contributed by atoms with Gasteiger partial charge in [0.15, 0.2) is 0 Å². The predicted molar refractivity (Wildman–Crippen MR) is 86.9 cm³/mol. The Kier molecular flexibility index (Phi) is 4.20. The topological polar surface area (TPSA) is 29.5 Å². The Bertz CT molecular complexity index is 885. The molecule has 0 aromatic heterocycles. The molecule has 0 spiro atoms. The first-order chi connectivity index (χ1) is 11.5. The molecule has 0 aliphatic rings. The van der Waals surface area contributed by atoms with Crippen LogP contribution in [0.2, 0.25) is 0 Å². The van der Waals surface area contributed by atoms with Gasteiger partial charge in [-0.1, -0.05) is 42.5 Å². The molecule has 0 radical (unpaired) electrons. The molecule has 2 nitrogen and oxygen atoms in total. The maximum atomic E-state index is 12.9. The molecular formula is C19H15F3O2. The van der Waals surface area contributed by atoms with Crippen LogP contribution in [0.5, 0.6) is 5.75 Å². The van der Waals surface area contributed by atoms with Gasteiger partial charge in [0.05, 0.1) is 19.3 Å². The number of hydrogen-bond acceptors (Lipinski definition) is 2. The molecule has 0 bridgehead atoms. The van der Waals surface area contributed by atoms with Gasteiger partial charge in [0.2, 0.25) is 0 Å². The number of ether oxygens (including phenoxy) is 1. The fourth-order valence-electron chi connectivity index (χ4n) is 2.84. The van der Waals surface area contributed by atoms with Crippen molar-refractivity contribution in [2.45, 2.75) is 12.8 Å². The smallest absolute Gasteiger partial charge is 0.416 e. The van der Waals surface area contributed by atoms with Crippen LogP contribution in [0.25, 0.3) is 21.9 Å². The third-order valence-corrected chi connectivity index (χ3v) is 4.00. The molecule has 0 atom stereocenters. The third kappa shape index (κ3) is 2.83. The first-order valence-corrected chi connectivity index (χ1v) is 7.33. The first-order valence-electron chi connectivity index (χ1n) is 7.33. The van der Waals surface area contributed by atoms with Crippen LogP contribution < -0.4 is 4.74 Å². The van der Waals surface area contributed by atoms with Crippen molar-refractivity contribution < 1.29 is 23.0 Å². The maximum Gasteiger partial charge on any atom is 0.416 e. The number of fused-ring (bicyclic) bond motifs is 1. The normalized spacial score (nSPS) is 11.7. The van der Waals surface area contributed by atoms with Crippen molar-refractivity contribution in [2.24, 2.45) is 0 Å². The number of hydrogen-bond donors (Lipinski definition) is 1. The fourth-order valence-corrected chi connectivity index (χ4v) is 2.84. The molecule has 3 aromatic carbocycles. The Hall–Kier alpha value is -2.53. The SMILES string of the molecule is COc1cc(C(F)(F)F)ccc1-c1cccc2c(CO)cccc12. The highest BCUT2D eigenvalue weighted by Crippen LogP contribution is 2.39. The van der Waals surface area contributed by atoms with Gasteiger partial charge in [-0.15, -0.1) is 0 Å². The van der Waals surface area contributed by atoms with E-state index >= 15 is 0 Å². The fraction of sp³-hybridized carbons (Fsp3) is 0.158. The van der Waals surface area contributed by atoms with E-state index in [1.165, 1.54) is 13.2 Å². The summed E-state index contributed by atoms with van der Waals surface area (Å²) in [6.07, 6.45) is -4.42. The summed E-state index contributed by atoms with van der Waals surface area (Å²) in [6.45, 7) is -0.106. The highest BCUT2D eigenvalue weighted by Gasteiger charge is 2.31. The average Bonchev–Trinajstić information content (AvgIpc) is 2.59. The summed E-state index contributed by atoms with van der Waals surface area (Å²) < 4.78 is 43.9. The van der Waals surface area contributed by atoms with Gasteiger partial charge in [0.25, 0.3) is 0 Å². The lowest BCUT2D eigenvalue weighted by Gasteiger charge is -2.15. The van der Waals surface area contributed by atoms with Crippen molar-refractivity contribution in [3.05, 3.63) is 65.7 Å². The second-order valence-corrected chi connectivity index (χ2v) is 5.39. The van der Waals surface area contributed by atoms with Crippen molar-refractivity contribution in [2.75, 3.05) is 7.11 Å². The summed E-state index contributed by atoms with van der Waals surface area (Å²) in [5.74, 6) is 0.159. The number of rotatable bonds is 3. The second-order valence-electron chi connectivity index (χ2n) is 5.39. The van der Waals surface area contributed by atoms with Crippen molar-refractivity contribution >= 4 is 10.8 Å². The van der Waals surface area contributed by atoms with Crippen molar-refractivity contribution in [1.82, 2.24) is 0 Å². The van der Waals surface area contributed by atoms with Crippen LogP contribution in [0.15, 0.2) is 54.6 Å². The van der Waals surface area contributed by atoms with E-state index in [1.807, 2.05) is 36.4 Å². The summed E-state index contributed by atoms with van der Waals surface area (Å²) >= 11 is 0. The largest absolute Gasteiger partial charge is 0.496 e. The van der Waals surface area contributed by atoms with E-state index < -0.39 is 11.7 Å². The molecular weight excluding hydrogens is 317 g/mol. The summed E-state index contributed by atoms with van der Waals surface area (Å²) in [5.41, 5.74) is 1.35. The Morgan fingerprint density at radius 2 is 1.62 bits per heavy atom. The monoisotopic (exact) mass is 332 g/mol. The number of aliphatic hydroxyl groups is 1. The Morgan fingerprint density at radius 3 is 2.29 bits per heavy atom.